The third-order valence-corrected chi connectivity index (χ3v) is 3.87. The van der Waals surface area contributed by atoms with Crippen LogP contribution in [-0.2, 0) is 13.6 Å². The molecule has 0 aromatic heterocycles. The summed E-state index contributed by atoms with van der Waals surface area (Å²) in [6.45, 7) is 8.10. The number of ketones is 1. The van der Waals surface area contributed by atoms with Crippen LogP contribution >= 0.6 is 0 Å². The second-order valence-corrected chi connectivity index (χ2v) is 7.08. The lowest BCUT2D eigenvalue weighted by molar-refractivity contribution is -0.114. The van der Waals surface area contributed by atoms with Crippen LogP contribution in [0.25, 0.3) is 0 Å². The van der Waals surface area contributed by atoms with Crippen molar-refractivity contribution < 1.29 is 13.6 Å². The first-order valence-corrected chi connectivity index (χ1v) is 7.68. The summed E-state index contributed by atoms with van der Waals surface area (Å²) in [5.41, 5.74) is 0. The fourth-order valence-electron chi connectivity index (χ4n) is 0.880. The number of hydrogen-bond donors (Lipinski definition) is 0. The van der Waals surface area contributed by atoms with Gasteiger partial charge in [-0.25, -0.2) is 0 Å². The van der Waals surface area contributed by atoms with Crippen LogP contribution in [0.3, 0.4) is 0 Å². The van der Waals surface area contributed by atoms with E-state index in [4.69, 9.17) is 8.85 Å². The first-order valence-electron chi connectivity index (χ1n) is 4.86. The van der Waals surface area contributed by atoms with Crippen LogP contribution in [-0.4, -0.2) is 28.1 Å². The van der Waals surface area contributed by atoms with Crippen molar-refractivity contribution in [2.45, 2.75) is 32.4 Å². The molecule has 0 amide bonds. The summed E-state index contributed by atoms with van der Waals surface area (Å²) < 4.78 is 10.8. The van der Waals surface area contributed by atoms with Crippen LogP contribution in [0.2, 0.25) is 13.1 Å². The highest BCUT2D eigenvalue weighted by molar-refractivity contribution is 6.64. The van der Waals surface area contributed by atoms with Gasteiger partial charge in [-0.05, 0) is 32.0 Å². The molecule has 0 aliphatic carbocycles. The van der Waals surface area contributed by atoms with E-state index < -0.39 is 8.56 Å². The summed E-state index contributed by atoms with van der Waals surface area (Å²) >= 11 is 0. The monoisotopic (exact) mass is 216 g/mol. The summed E-state index contributed by atoms with van der Waals surface area (Å²) in [5, 5.41) is 0. The third-order valence-electron chi connectivity index (χ3n) is 1.99. The van der Waals surface area contributed by atoms with Crippen molar-refractivity contribution in [2.75, 3.05) is 13.7 Å². The molecule has 82 valence electrons. The molecule has 0 saturated heterocycles. The first kappa shape index (κ1) is 13.5. The maximum Gasteiger partial charge on any atom is 0.331 e. The van der Waals surface area contributed by atoms with E-state index in [1.807, 2.05) is 13.1 Å². The Kier molecular flexibility index (Phi) is 6.70. The third kappa shape index (κ3) is 7.00. The molecule has 0 rings (SSSR count). The van der Waals surface area contributed by atoms with Crippen LogP contribution in [0.1, 0.15) is 19.3 Å². The molecule has 0 atom stereocenters. The zero-order valence-corrected chi connectivity index (χ0v) is 10.3. The lowest BCUT2D eigenvalue weighted by Gasteiger charge is -2.19. The fraction of sp³-hybridized carbons (Fsp3) is 0.700. The van der Waals surface area contributed by atoms with Crippen molar-refractivity contribution in [1.82, 2.24) is 0 Å². The summed E-state index contributed by atoms with van der Waals surface area (Å²) in [4.78, 5) is 10.9. The van der Waals surface area contributed by atoms with Crippen LogP contribution in [0, 0.1) is 0 Å². The molecule has 0 heterocycles. The summed E-state index contributed by atoms with van der Waals surface area (Å²) in [6.07, 6.45) is 3.70. The van der Waals surface area contributed by atoms with E-state index >= 15 is 0 Å². The Labute approximate surface area is 87.4 Å². The maximum absolute atomic E-state index is 10.9. The van der Waals surface area contributed by atoms with E-state index in [-0.39, 0.29) is 5.78 Å². The topological polar surface area (TPSA) is 35.5 Å². The van der Waals surface area contributed by atoms with Crippen LogP contribution in [0.5, 0.6) is 0 Å². The molecule has 0 unspecified atom stereocenters. The fourth-order valence-corrected chi connectivity index (χ4v) is 1.63. The van der Waals surface area contributed by atoms with Crippen LogP contribution in [0.4, 0.5) is 0 Å². The second kappa shape index (κ2) is 6.92. The van der Waals surface area contributed by atoms with Gasteiger partial charge in [0.25, 0.3) is 0 Å². The number of hydrogen-bond acceptors (Lipinski definition) is 3. The van der Waals surface area contributed by atoms with Gasteiger partial charge in [0.15, 0.2) is 5.78 Å². The van der Waals surface area contributed by atoms with Crippen molar-refractivity contribution in [3.8, 4) is 0 Å². The zero-order valence-electron chi connectivity index (χ0n) is 9.34. The summed E-state index contributed by atoms with van der Waals surface area (Å²) in [6, 6.07) is 0. The van der Waals surface area contributed by atoms with Gasteiger partial charge in [0.2, 0.25) is 0 Å². The summed E-state index contributed by atoms with van der Waals surface area (Å²) in [7, 11) is -0.194. The van der Waals surface area contributed by atoms with Gasteiger partial charge in [0.1, 0.15) is 0 Å². The number of carbonyl (C=O) groups excluding carboxylic acids is 1. The van der Waals surface area contributed by atoms with Crippen LogP contribution < -0.4 is 0 Å². The maximum atomic E-state index is 10.9. The molecule has 0 spiro atoms. The molecule has 4 heteroatoms. The molecule has 0 N–H and O–H groups in total. The van der Waals surface area contributed by atoms with Gasteiger partial charge in [-0.3, -0.25) is 4.79 Å². The average molecular weight is 216 g/mol. The van der Waals surface area contributed by atoms with Gasteiger partial charge in [-0.1, -0.05) is 6.58 Å². The molecule has 0 aromatic carbocycles. The zero-order chi connectivity index (χ0) is 11.0. The highest BCUT2D eigenvalue weighted by atomic mass is 28.4. The standard InChI is InChI=1S/C10H20O3Si/c1-5-10(11)8-6-7-9-13-14(3,4)12-2/h5H,1,6-9H2,2-4H3. The van der Waals surface area contributed by atoms with Gasteiger partial charge in [0.05, 0.1) is 0 Å². The van der Waals surface area contributed by atoms with E-state index in [1.165, 1.54) is 6.08 Å². The van der Waals surface area contributed by atoms with Gasteiger partial charge in [-0.15, -0.1) is 0 Å². The predicted octanol–water partition coefficient (Wildman–Crippen LogP) is 2.28. The Morgan fingerprint density at radius 3 is 2.57 bits per heavy atom. The highest BCUT2D eigenvalue weighted by Crippen LogP contribution is 2.06. The van der Waals surface area contributed by atoms with Crippen molar-refractivity contribution in [1.29, 1.82) is 0 Å². The van der Waals surface area contributed by atoms with Crippen molar-refractivity contribution in [3.63, 3.8) is 0 Å². The van der Waals surface area contributed by atoms with Gasteiger partial charge in [-0.2, -0.15) is 0 Å². The van der Waals surface area contributed by atoms with Crippen molar-refractivity contribution >= 4 is 14.3 Å². The van der Waals surface area contributed by atoms with E-state index in [1.54, 1.807) is 7.11 Å². The van der Waals surface area contributed by atoms with E-state index in [9.17, 15) is 4.79 Å². The smallest absolute Gasteiger partial charge is 0.331 e. The molecule has 0 saturated carbocycles. The molecule has 14 heavy (non-hydrogen) atoms. The SMILES string of the molecule is C=CC(=O)CCCCO[Si](C)(C)OC. The van der Waals surface area contributed by atoms with Gasteiger partial charge < -0.3 is 8.85 Å². The quantitative estimate of drug-likeness (QED) is 0.355. The van der Waals surface area contributed by atoms with E-state index in [0.29, 0.717) is 13.0 Å². The molecule has 0 radical (unpaired) electrons. The minimum absolute atomic E-state index is 0.105. The van der Waals surface area contributed by atoms with Crippen molar-refractivity contribution in [3.05, 3.63) is 12.7 Å². The number of rotatable bonds is 8. The first-order chi connectivity index (χ1) is 6.52. The Bertz CT molecular complexity index is 190. The molecule has 0 bridgehead atoms. The normalized spacial score (nSPS) is 11.4. The summed E-state index contributed by atoms with van der Waals surface area (Å²) in [5.74, 6) is 0.105. The van der Waals surface area contributed by atoms with Crippen LogP contribution in [0.15, 0.2) is 12.7 Å². The Hall–Kier alpha value is -0.453. The second-order valence-electron chi connectivity index (χ2n) is 3.58. The minimum atomic E-state index is -1.87. The van der Waals surface area contributed by atoms with E-state index in [2.05, 4.69) is 6.58 Å². The van der Waals surface area contributed by atoms with E-state index in [0.717, 1.165) is 12.8 Å². The predicted molar refractivity (Wildman–Crippen MR) is 59.5 cm³/mol. The lowest BCUT2D eigenvalue weighted by atomic mass is 10.2. The Morgan fingerprint density at radius 1 is 1.43 bits per heavy atom. The number of carbonyl (C=O) groups is 1. The number of allylic oxidation sites excluding steroid dienone is 1. The Balaban J connectivity index is 3.38. The minimum Gasteiger partial charge on any atom is -0.398 e. The highest BCUT2D eigenvalue weighted by Gasteiger charge is 2.21. The van der Waals surface area contributed by atoms with Crippen molar-refractivity contribution in [2.24, 2.45) is 0 Å². The molecule has 0 fully saturated rings. The number of unbranched alkanes of at least 4 members (excludes halogenated alkanes) is 1. The molecule has 3 nitrogen and oxygen atoms in total. The molecular formula is C10H20O3Si. The van der Waals surface area contributed by atoms with Gasteiger partial charge in [0, 0.05) is 20.1 Å². The van der Waals surface area contributed by atoms with Gasteiger partial charge >= 0.3 is 8.56 Å². The average Bonchev–Trinajstić information content (AvgIpc) is 2.17. The molecule has 0 aliphatic rings. The molecular weight excluding hydrogens is 196 g/mol. The molecule has 0 aromatic rings. The lowest BCUT2D eigenvalue weighted by Crippen LogP contribution is -2.33. The largest absolute Gasteiger partial charge is 0.398 e. The Morgan fingerprint density at radius 2 is 2.07 bits per heavy atom. The molecule has 0 aliphatic heterocycles.